The van der Waals surface area contributed by atoms with E-state index in [4.69, 9.17) is 0 Å². The third kappa shape index (κ3) is 2.54. The molecule has 2 aromatic rings. The monoisotopic (exact) mass is 275 g/mol. The minimum Gasteiger partial charge on any atom is -0.312 e. The minimum absolute atomic E-state index is 0.0926. The molecule has 19 heavy (non-hydrogen) atoms. The summed E-state index contributed by atoms with van der Waals surface area (Å²) >= 11 is 1.59. The number of carbonyl (C=O) groups excluding carboxylic acids is 1. The van der Waals surface area contributed by atoms with Gasteiger partial charge in [0, 0.05) is 17.1 Å². The van der Waals surface area contributed by atoms with Gasteiger partial charge in [-0.25, -0.2) is 4.39 Å². The van der Waals surface area contributed by atoms with Crippen LogP contribution in [0, 0.1) is 5.82 Å². The molecule has 0 unspecified atom stereocenters. The van der Waals surface area contributed by atoms with E-state index in [1.165, 1.54) is 6.07 Å². The van der Waals surface area contributed by atoms with Gasteiger partial charge in [0.25, 0.3) is 0 Å². The summed E-state index contributed by atoms with van der Waals surface area (Å²) in [5.74, 6) is -0.138. The number of amides is 1. The highest BCUT2D eigenvalue weighted by atomic mass is 32.1. The molecule has 0 spiro atoms. The van der Waals surface area contributed by atoms with Crippen LogP contribution in [-0.4, -0.2) is 12.5 Å². The maximum absolute atomic E-state index is 13.2. The fourth-order valence-corrected chi connectivity index (χ4v) is 3.18. The Kier molecular flexibility index (Phi) is 3.34. The lowest BCUT2D eigenvalue weighted by molar-refractivity contribution is -0.118. The van der Waals surface area contributed by atoms with Gasteiger partial charge in [-0.1, -0.05) is 6.07 Å². The summed E-state index contributed by atoms with van der Waals surface area (Å²) in [6, 6.07) is 8.61. The molecule has 98 valence electrons. The predicted molar refractivity (Wildman–Crippen MR) is 75.1 cm³/mol. The van der Waals surface area contributed by atoms with Crippen molar-refractivity contribution >= 4 is 22.9 Å². The summed E-state index contributed by atoms with van der Waals surface area (Å²) in [6.07, 6.45) is 2.16. The first kappa shape index (κ1) is 12.4. The highest BCUT2D eigenvalue weighted by Gasteiger charge is 2.22. The average molecular weight is 275 g/mol. The van der Waals surface area contributed by atoms with Gasteiger partial charge in [-0.3, -0.25) is 4.79 Å². The number of nitrogens with zero attached hydrogens (tertiary/aromatic N) is 1. The van der Waals surface area contributed by atoms with E-state index in [0.717, 1.165) is 35.5 Å². The summed E-state index contributed by atoms with van der Waals surface area (Å²) in [4.78, 5) is 15.2. The number of thiophene rings is 1. The van der Waals surface area contributed by atoms with Crippen molar-refractivity contribution in [1.82, 2.24) is 0 Å². The van der Waals surface area contributed by atoms with Gasteiger partial charge in [0.05, 0.1) is 6.42 Å². The molecule has 1 aliphatic rings. The standard InChI is InChI=1S/C15H14FNOS/c16-12-5-6-14-11(9-12)3-1-7-17(14)15(18)10-13-4-2-8-19-13/h2,4-6,8-9H,1,3,7,10H2. The lowest BCUT2D eigenvalue weighted by Crippen LogP contribution is -2.36. The average Bonchev–Trinajstić information content (AvgIpc) is 2.90. The third-order valence-electron chi connectivity index (χ3n) is 3.37. The zero-order valence-electron chi connectivity index (χ0n) is 10.4. The van der Waals surface area contributed by atoms with Gasteiger partial charge in [-0.2, -0.15) is 0 Å². The van der Waals surface area contributed by atoms with Crippen molar-refractivity contribution in [2.24, 2.45) is 0 Å². The van der Waals surface area contributed by atoms with Crippen molar-refractivity contribution in [2.75, 3.05) is 11.4 Å². The second-order valence-corrected chi connectivity index (χ2v) is 5.71. The van der Waals surface area contributed by atoms with Crippen LogP contribution in [0.3, 0.4) is 0 Å². The van der Waals surface area contributed by atoms with Crippen LogP contribution in [0.1, 0.15) is 16.9 Å². The van der Waals surface area contributed by atoms with Crippen LogP contribution >= 0.6 is 11.3 Å². The SMILES string of the molecule is O=C(Cc1cccs1)N1CCCc2cc(F)ccc21. The number of rotatable bonds is 2. The third-order valence-corrected chi connectivity index (χ3v) is 4.24. The Morgan fingerprint density at radius 3 is 3.05 bits per heavy atom. The molecule has 1 aromatic carbocycles. The maximum atomic E-state index is 13.2. The first-order valence-electron chi connectivity index (χ1n) is 6.35. The topological polar surface area (TPSA) is 20.3 Å². The molecule has 3 rings (SSSR count). The molecular weight excluding hydrogens is 261 g/mol. The molecule has 0 fully saturated rings. The lowest BCUT2D eigenvalue weighted by atomic mass is 10.0. The molecule has 1 aliphatic heterocycles. The number of carbonyl (C=O) groups is 1. The van der Waals surface area contributed by atoms with Gasteiger partial charge >= 0.3 is 0 Å². The zero-order chi connectivity index (χ0) is 13.2. The Labute approximate surface area is 115 Å². The van der Waals surface area contributed by atoms with Gasteiger partial charge < -0.3 is 4.90 Å². The first-order valence-corrected chi connectivity index (χ1v) is 7.23. The summed E-state index contributed by atoms with van der Waals surface area (Å²) < 4.78 is 13.2. The Morgan fingerprint density at radius 1 is 1.37 bits per heavy atom. The molecule has 2 heterocycles. The summed E-state index contributed by atoms with van der Waals surface area (Å²) in [7, 11) is 0. The van der Waals surface area contributed by atoms with Gasteiger partial charge in [-0.15, -0.1) is 11.3 Å². The minimum atomic E-state index is -0.230. The number of fused-ring (bicyclic) bond motifs is 1. The fraction of sp³-hybridized carbons (Fsp3) is 0.267. The van der Waals surface area contributed by atoms with Crippen molar-refractivity contribution in [2.45, 2.75) is 19.3 Å². The van der Waals surface area contributed by atoms with Gasteiger partial charge in [-0.05, 0) is 48.1 Å². The van der Waals surface area contributed by atoms with Gasteiger partial charge in [0.1, 0.15) is 5.82 Å². The van der Waals surface area contributed by atoms with E-state index in [0.29, 0.717) is 6.42 Å². The maximum Gasteiger partial charge on any atom is 0.232 e. The Bertz CT molecular complexity index is 594. The van der Waals surface area contributed by atoms with Gasteiger partial charge in [0.15, 0.2) is 0 Å². The molecule has 0 aliphatic carbocycles. The number of halogens is 1. The zero-order valence-corrected chi connectivity index (χ0v) is 11.3. The molecule has 0 N–H and O–H groups in total. The summed E-state index contributed by atoms with van der Waals surface area (Å²) in [5.41, 5.74) is 1.81. The second-order valence-electron chi connectivity index (χ2n) is 4.68. The molecule has 0 saturated heterocycles. The van der Waals surface area contributed by atoms with Crippen LogP contribution in [0.15, 0.2) is 35.7 Å². The van der Waals surface area contributed by atoms with Crippen molar-refractivity contribution in [3.05, 3.63) is 52.0 Å². The van der Waals surface area contributed by atoms with Crippen molar-refractivity contribution in [1.29, 1.82) is 0 Å². The van der Waals surface area contributed by atoms with E-state index in [1.807, 2.05) is 17.5 Å². The predicted octanol–water partition coefficient (Wildman–Crippen LogP) is 3.41. The first-order chi connectivity index (χ1) is 9.24. The van der Waals surface area contributed by atoms with Crippen LogP contribution in [0.5, 0.6) is 0 Å². The molecular formula is C15H14FNOS. The van der Waals surface area contributed by atoms with Crippen molar-refractivity contribution < 1.29 is 9.18 Å². The Hall–Kier alpha value is -1.68. The molecule has 1 aromatic heterocycles. The van der Waals surface area contributed by atoms with E-state index in [-0.39, 0.29) is 11.7 Å². The van der Waals surface area contributed by atoms with Crippen LogP contribution in [0.25, 0.3) is 0 Å². The summed E-state index contributed by atoms with van der Waals surface area (Å²) in [5, 5.41) is 1.97. The lowest BCUT2D eigenvalue weighted by Gasteiger charge is -2.29. The Balaban J connectivity index is 1.85. The molecule has 4 heteroatoms. The molecule has 2 nitrogen and oxygen atoms in total. The van der Waals surface area contributed by atoms with E-state index < -0.39 is 0 Å². The van der Waals surface area contributed by atoms with E-state index in [2.05, 4.69) is 0 Å². The van der Waals surface area contributed by atoms with Crippen LogP contribution in [0.2, 0.25) is 0 Å². The number of benzene rings is 1. The van der Waals surface area contributed by atoms with Crippen LogP contribution in [0.4, 0.5) is 10.1 Å². The van der Waals surface area contributed by atoms with E-state index in [1.54, 1.807) is 28.4 Å². The highest BCUT2D eigenvalue weighted by Crippen LogP contribution is 2.28. The quantitative estimate of drug-likeness (QED) is 0.822. The molecule has 1 amide bonds. The molecule has 0 atom stereocenters. The van der Waals surface area contributed by atoms with Crippen molar-refractivity contribution in [3.8, 4) is 0 Å². The van der Waals surface area contributed by atoms with E-state index in [9.17, 15) is 9.18 Å². The molecule has 0 bridgehead atoms. The number of anilines is 1. The second kappa shape index (κ2) is 5.13. The summed E-state index contributed by atoms with van der Waals surface area (Å²) in [6.45, 7) is 0.725. The normalized spacial score (nSPS) is 14.3. The number of hydrogen-bond donors (Lipinski definition) is 0. The smallest absolute Gasteiger partial charge is 0.232 e. The molecule has 0 radical (unpaired) electrons. The van der Waals surface area contributed by atoms with Crippen molar-refractivity contribution in [3.63, 3.8) is 0 Å². The number of hydrogen-bond acceptors (Lipinski definition) is 2. The molecule has 0 saturated carbocycles. The van der Waals surface area contributed by atoms with Crippen LogP contribution in [-0.2, 0) is 17.6 Å². The van der Waals surface area contributed by atoms with Crippen LogP contribution < -0.4 is 4.90 Å². The van der Waals surface area contributed by atoms with Gasteiger partial charge in [0.2, 0.25) is 5.91 Å². The Morgan fingerprint density at radius 2 is 2.26 bits per heavy atom. The number of aryl methyl sites for hydroxylation is 1. The van der Waals surface area contributed by atoms with E-state index >= 15 is 0 Å². The highest BCUT2D eigenvalue weighted by molar-refractivity contribution is 7.10. The largest absolute Gasteiger partial charge is 0.312 e. The fourth-order valence-electron chi connectivity index (χ4n) is 2.48.